The van der Waals surface area contributed by atoms with Crippen molar-refractivity contribution in [2.45, 2.75) is 25.5 Å². The van der Waals surface area contributed by atoms with Crippen LogP contribution in [0.25, 0.3) is 0 Å². The lowest BCUT2D eigenvalue weighted by molar-refractivity contribution is -0.149. The molecule has 5 heteroatoms. The Kier molecular flexibility index (Phi) is 4.39. The first kappa shape index (κ1) is 13.4. The Bertz CT molecular complexity index is 447. The Balaban J connectivity index is 1.90. The van der Waals surface area contributed by atoms with Crippen LogP contribution in [-0.2, 0) is 16.1 Å². The number of hydrogen-bond acceptors (Lipinski definition) is 3. The zero-order valence-corrected chi connectivity index (χ0v) is 11.0. The maximum atomic E-state index is 12.0. The number of amides is 2. The molecule has 1 aliphatic rings. The minimum Gasteiger partial charge on any atom is -0.459 e. The highest BCUT2D eigenvalue weighted by atomic mass is 16.5. The molecule has 1 aromatic carbocycles. The second-order valence-corrected chi connectivity index (χ2v) is 4.50. The highest BCUT2D eigenvalue weighted by Crippen LogP contribution is 2.19. The lowest BCUT2D eigenvalue weighted by atomic mass is 10.2. The van der Waals surface area contributed by atoms with E-state index < -0.39 is 6.04 Å². The van der Waals surface area contributed by atoms with Crippen LogP contribution in [0.4, 0.5) is 4.79 Å². The van der Waals surface area contributed by atoms with E-state index in [4.69, 9.17) is 4.74 Å². The van der Waals surface area contributed by atoms with Crippen LogP contribution < -0.4 is 5.32 Å². The van der Waals surface area contributed by atoms with Gasteiger partial charge in [0.2, 0.25) is 0 Å². The normalized spacial score (nSPS) is 18.2. The van der Waals surface area contributed by atoms with Crippen LogP contribution in [0.2, 0.25) is 0 Å². The third kappa shape index (κ3) is 3.24. The molecule has 1 aliphatic heterocycles. The summed E-state index contributed by atoms with van der Waals surface area (Å²) in [5, 5.41) is 2.54. The molecule has 1 fully saturated rings. The largest absolute Gasteiger partial charge is 0.459 e. The van der Waals surface area contributed by atoms with Gasteiger partial charge >= 0.3 is 12.0 Å². The molecule has 0 bridgehead atoms. The average Bonchev–Trinajstić information content (AvgIpc) is 2.94. The number of benzene rings is 1. The molecule has 1 saturated heterocycles. The van der Waals surface area contributed by atoms with E-state index in [9.17, 15) is 9.59 Å². The second kappa shape index (κ2) is 6.22. The highest BCUT2D eigenvalue weighted by Gasteiger charge is 2.34. The maximum absolute atomic E-state index is 12.0. The fourth-order valence-electron chi connectivity index (χ4n) is 2.22. The van der Waals surface area contributed by atoms with Crippen LogP contribution in [-0.4, -0.2) is 36.5 Å². The monoisotopic (exact) mass is 262 g/mol. The van der Waals surface area contributed by atoms with Gasteiger partial charge in [-0.2, -0.15) is 0 Å². The van der Waals surface area contributed by atoms with Crippen molar-refractivity contribution in [2.24, 2.45) is 0 Å². The molecular formula is C14H18N2O3. The molecule has 0 unspecified atom stereocenters. The van der Waals surface area contributed by atoms with E-state index >= 15 is 0 Å². The highest BCUT2D eigenvalue weighted by molar-refractivity contribution is 5.84. The quantitative estimate of drug-likeness (QED) is 0.840. The van der Waals surface area contributed by atoms with E-state index in [1.54, 1.807) is 7.05 Å². The predicted octanol–water partition coefficient (Wildman–Crippen LogP) is 1.53. The van der Waals surface area contributed by atoms with Crippen molar-refractivity contribution < 1.29 is 14.3 Å². The lowest BCUT2D eigenvalue weighted by Crippen LogP contribution is -2.45. The van der Waals surface area contributed by atoms with Gasteiger partial charge in [-0.25, -0.2) is 9.59 Å². The Hall–Kier alpha value is -2.04. The molecule has 102 valence electrons. The van der Waals surface area contributed by atoms with Crippen molar-refractivity contribution in [2.75, 3.05) is 13.6 Å². The Morgan fingerprint density at radius 3 is 2.79 bits per heavy atom. The van der Waals surface area contributed by atoms with Crippen molar-refractivity contribution in [3.8, 4) is 0 Å². The van der Waals surface area contributed by atoms with Gasteiger partial charge < -0.3 is 15.0 Å². The summed E-state index contributed by atoms with van der Waals surface area (Å²) in [5.41, 5.74) is 0.945. The summed E-state index contributed by atoms with van der Waals surface area (Å²) >= 11 is 0. The van der Waals surface area contributed by atoms with Gasteiger partial charge in [0.1, 0.15) is 12.6 Å². The SMILES string of the molecule is CNC(=O)N1CCC[C@H]1C(=O)OCc1ccccc1. The standard InChI is InChI=1S/C14H18N2O3/c1-15-14(18)16-9-5-8-12(16)13(17)19-10-11-6-3-2-4-7-11/h2-4,6-7,12H,5,8-10H2,1H3,(H,15,18)/t12-/m0/s1. The van der Waals surface area contributed by atoms with Crippen LogP contribution in [0, 0.1) is 0 Å². The summed E-state index contributed by atoms with van der Waals surface area (Å²) in [6, 6.07) is 8.83. The molecule has 0 radical (unpaired) electrons. The smallest absolute Gasteiger partial charge is 0.329 e. The summed E-state index contributed by atoms with van der Waals surface area (Å²) in [6.45, 7) is 0.850. The van der Waals surface area contributed by atoms with Crippen LogP contribution in [0.5, 0.6) is 0 Å². The minimum absolute atomic E-state index is 0.223. The third-order valence-electron chi connectivity index (χ3n) is 3.22. The molecule has 19 heavy (non-hydrogen) atoms. The lowest BCUT2D eigenvalue weighted by Gasteiger charge is -2.22. The Labute approximate surface area is 112 Å². The molecule has 0 aromatic heterocycles. The number of hydrogen-bond donors (Lipinski definition) is 1. The molecule has 1 heterocycles. The summed E-state index contributed by atoms with van der Waals surface area (Å²) in [6.07, 6.45) is 1.50. The molecule has 1 atom stereocenters. The van der Waals surface area contributed by atoms with Gasteiger partial charge in [-0.1, -0.05) is 30.3 Å². The van der Waals surface area contributed by atoms with Crippen molar-refractivity contribution in [1.82, 2.24) is 10.2 Å². The number of nitrogens with zero attached hydrogens (tertiary/aromatic N) is 1. The number of likely N-dealkylation sites (tertiary alicyclic amines) is 1. The van der Waals surface area contributed by atoms with Gasteiger partial charge in [0.05, 0.1) is 0 Å². The van der Waals surface area contributed by atoms with E-state index in [1.807, 2.05) is 30.3 Å². The Morgan fingerprint density at radius 2 is 2.11 bits per heavy atom. The average molecular weight is 262 g/mol. The van der Waals surface area contributed by atoms with E-state index in [1.165, 1.54) is 4.90 Å². The molecule has 1 aromatic rings. The molecule has 1 N–H and O–H groups in total. The zero-order valence-electron chi connectivity index (χ0n) is 11.0. The fraction of sp³-hybridized carbons (Fsp3) is 0.429. The predicted molar refractivity (Wildman–Crippen MR) is 70.4 cm³/mol. The van der Waals surface area contributed by atoms with Gasteiger partial charge in [-0.3, -0.25) is 0 Å². The fourth-order valence-corrected chi connectivity index (χ4v) is 2.22. The molecule has 0 spiro atoms. The van der Waals surface area contributed by atoms with Crippen LogP contribution in [0.15, 0.2) is 30.3 Å². The zero-order chi connectivity index (χ0) is 13.7. The summed E-state index contributed by atoms with van der Waals surface area (Å²) in [5.74, 6) is -0.329. The number of carbonyl (C=O) groups is 2. The number of urea groups is 1. The third-order valence-corrected chi connectivity index (χ3v) is 3.22. The van der Waals surface area contributed by atoms with E-state index in [0.717, 1.165) is 12.0 Å². The Morgan fingerprint density at radius 1 is 1.37 bits per heavy atom. The first-order valence-electron chi connectivity index (χ1n) is 6.41. The van der Waals surface area contributed by atoms with Crippen molar-refractivity contribution in [3.63, 3.8) is 0 Å². The van der Waals surface area contributed by atoms with Gasteiger partial charge in [0, 0.05) is 13.6 Å². The first-order chi connectivity index (χ1) is 9.22. The molecular weight excluding hydrogens is 244 g/mol. The molecule has 2 amide bonds. The number of esters is 1. The van der Waals surface area contributed by atoms with Gasteiger partial charge in [0.25, 0.3) is 0 Å². The van der Waals surface area contributed by atoms with E-state index in [-0.39, 0.29) is 18.6 Å². The summed E-state index contributed by atoms with van der Waals surface area (Å²) < 4.78 is 5.28. The van der Waals surface area contributed by atoms with Crippen LogP contribution in [0.3, 0.4) is 0 Å². The molecule has 2 rings (SSSR count). The molecule has 0 saturated carbocycles. The van der Waals surface area contributed by atoms with Crippen molar-refractivity contribution in [1.29, 1.82) is 0 Å². The summed E-state index contributed by atoms with van der Waals surface area (Å²) in [7, 11) is 1.56. The summed E-state index contributed by atoms with van der Waals surface area (Å²) in [4.78, 5) is 25.2. The van der Waals surface area contributed by atoms with Gasteiger partial charge in [-0.05, 0) is 18.4 Å². The number of nitrogens with one attached hydrogen (secondary N) is 1. The number of rotatable bonds is 3. The number of ether oxygens (including phenoxy) is 1. The first-order valence-corrected chi connectivity index (χ1v) is 6.41. The van der Waals surface area contributed by atoms with E-state index in [0.29, 0.717) is 13.0 Å². The number of carbonyl (C=O) groups excluding carboxylic acids is 2. The minimum atomic E-state index is -0.455. The van der Waals surface area contributed by atoms with Crippen molar-refractivity contribution in [3.05, 3.63) is 35.9 Å². The van der Waals surface area contributed by atoms with Crippen molar-refractivity contribution >= 4 is 12.0 Å². The van der Waals surface area contributed by atoms with Gasteiger partial charge in [-0.15, -0.1) is 0 Å². The maximum Gasteiger partial charge on any atom is 0.329 e. The molecule has 5 nitrogen and oxygen atoms in total. The van der Waals surface area contributed by atoms with Gasteiger partial charge in [0.15, 0.2) is 0 Å². The van der Waals surface area contributed by atoms with E-state index in [2.05, 4.69) is 5.32 Å². The van der Waals surface area contributed by atoms with Crippen LogP contribution >= 0.6 is 0 Å². The topological polar surface area (TPSA) is 58.6 Å². The second-order valence-electron chi connectivity index (χ2n) is 4.50. The van der Waals surface area contributed by atoms with Crippen LogP contribution in [0.1, 0.15) is 18.4 Å². The molecule has 0 aliphatic carbocycles.